The number of carbonyl (C=O) groups is 1. The fourth-order valence-electron chi connectivity index (χ4n) is 1.82. The molecule has 0 fully saturated rings. The lowest BCUT2D eigenvalue weighted by molar-refractivity contribution is -0.112. The molecule has 22 heavy (non-hydrogen) atoms. The summed E-state index contributed by atoms with van der Waals surface area (Å²) in [4.78, 5) is 12.1. The van der Waals surface area contributed by atoms with Crippen molar-refractivity contribution in [3.8, 4) is 11.8 Å². The Balaban J connectivity index is 2.24. The summed E-state index contributed by atoms with van der Waals surface area (Å²) in [6.45, 7) is 0. The van der Waals surface area contributed by atoms with Crippen LogP contribution in [0.3, 0.4) is 0 Å². The van der Waals surface area contributed by atoms with E-state index < -0.39 is 11.7 Å². The van der Waals surface area contributed by atoms with Crippen molar-refractivity contribution < 1.29 is 13.9 Å². The zero-order valence-corrected chi connectivity index (χ0v) is 11.8. The van der Waals surface area contributed by atoms with Crippen molar-refractivity contribution in [3.05, 3.63) is 65.5 Å². The van der Waals surface area contributed by atoms with Gasteiger partial charge in [0.1, 0.15) is 23.2 Å². The van der Waals surface area contributed by atoms with Crippen molar-refractivity contribution in [2.24, 2.45) is 0 Å². The number of halogens is 1. The maximum atomic E-state index is 12.8. The first-order chi connectivity index (χ1) is 10.6. The fraction of sp³-hybridized carbons (Fsp3) is 0.0588. The van der Waals surface area contributed by atoms with Crippen LogP contribution < -0.4 is 10.1 Å². The van der Waals surface area contributed by atoms with Crippen LogP contribution in [0.25, 0.3) is 6.08 Å². The second-order valence-electron chi connectivity index (χ2n) is 4.37. The maximum absolute atomic E-state index is 12.8. The fourth-order valence-corrected chi connectivity index (χ4v) is 1.82. The van der Waals surface area contributed by atoms with E-state index in [2.05, 4.69) is 5.32 Å². The molecule has 0 aliphatic rings. The van der Waals surface area contributed by atoms with E-state index in [0.29, 0.717) is 17.0 Å². The van der Waals surface area contributed by atoms with Crippen molar-refractivity contribution in [2.45, 2.75) is 0 Å². The smallest absolute Gasteiger partial charge is 0.266 e. The molecule has 110 valence electrons. The van der Waals surface area contributed by atoms with Gasteiger partial charge in [0, 0.05) is 11.3 Å². The number of amides is 1. The average molecular weight is 296 g/mol. The molecular formula is C17H13FN2O2. The lowest BCUT2D eigenvalue weighted by atomic mass is 10.1. The molecule has 2 aromatic rings. The molecule has 2 rings (SSSR count). The molecule has 0 bridgehead atoms. The molecule has 0 aromatic heterocycles. The van der Waals surface area contributed by atoms with E-state index in [0.717, 1.165) is 0 Å². The van der Waals surface area contributed by atoms with Crippen LogP contribution >= 0.6 is 0 Å². The van der Waals surface area contributed by atoms with Crippen LogP contribution in [-0.2, 0) is 4.79 Å². The van der Waals surface area contributed by atoms with E-state index in [1.54, 1.807) is 24.3 Å². The lowest BCUT2D eigenvalue weighted by Gasteiger charge is -2.06. The Morgan fingerprint density at radius 2 is 1.91 bits per heavy atom. The summed E-state index contributed by atoms with van der Waals surface area (Å²) in [7, 11) is 1.51. The number of nitrogens with one attached hydrogen (secondary N) is 1. The number of carbonyl (C=O) groups excluding carboxylic acids is 1. The Morgan fingerprint density at radius 1 is 1.23 bits per heavy atom. The number of hydrogen-bond acceptors (Lipinski definition) is 3. The molecule has 0 radical (unpaired) electrons. The minimum Gasteiger partial charge on any atom is -0.496 e. The maximum Gasteiger partial charge on any atom is 0.266 e. The van der Waals surface area contributed by atoms with Gasteiger partial charge in [0.05, 0.1) is 7.11 Å². The van der Waals surface area contributed by atoms with Crippen LogP contribution in [-0.4, -0.2) is 13.0 Å². The van der Waals surface area contributed by atoms with E-state index in [9.17, 15) is 9.18 Å². The lowest BCUT2D eigenvalue weighted by Crippen LogP contribution is -2.13. The number of hydrogen-bond donors (Lipinski definition) is 1. The second kappa shape index (κ2) is 7.04. The molecule has 2 aromatic carbocycles. The van der Waals surface area contributed by atoms with Crippen LogP contribution in [0, 0.1) is 17.1 Å². The summed E-state index contributed by atoms with van der Waals surface area (Å²) in [5.74, 6) is -0.409. The van der Waals surface area contributed by atoms with E-state index in [1.165, 1.54) is 37.5 Å². The van der Waals surface area contributed by atoms with Gasteiger partial charge in [-0.2, -0.15) is 5.26 Å². The van der Waals surface area contributed by atoms with Gasteiger partial charge in [-0.1, -0.05) is 18.2 Å². The van der Waals surface area contributed by atoms with Crippen molar-refractivity contribution >= 4 is 17.7 Å². The van der Waals surface area contributed by atoms with E-state index in [1.807, 2.05) is 6.07 Å². The molecule has 0 unspecified atom stereocenters. The van der Waals surface area contributed by atoms with Crippen molar-refractivity contribution in [1.82, 2.24) is 0 Å². The van der Waals surface area contributed by atoms with Gasteiger partial charge in [-0.05, 0) is 36.4 Å². The zero-order chi connectivity index (χ0) is 15.9. The molecule has 0 aliphatic heterocycles. The van der Waals surface area contributed by atoms with Crippen LogP contribution in [0.4, 0.5) is 10.1 Å². The van der Waals surface area contributed by atoms with E-state index in [-0.39, 0.29) is 5.57 Å². The third-order valence-electron chi connectivity index (χ3n) is 2.91. The van der Waals surface area contributed by atoms with Crippen LogP contribution in [0.15, 0.2) is 54.1 Å². The molecule has 1 amide bonds. The van der Waals surface area contributed by atoms with Crippen LogP contribution in [0.5, 0.6) is 5.75 Å². The number of benzene rings is 2. The Kier molecular flexibility index (Phi) is 4.89. The SMILES string of the molecule is COc1ccccc1C=C(C#N)C(=O)Nc1ccc(F)cc1. The van der Waals surface area contributed by atoms with Gasteiger partial charge in [0.25, 0.3) is 5.91 Å². The Bertz CT molecular complexity index is 746. The first kappa shape index (κ1) is 15.3. The quantitative estimate of drug-likeness (QED) is 0.695. The normalized spacial score (nSPS) is 10.7. The number of ether oxygens (including phenoxy) is 1. The summed E-state index contributed by atoms with van der Waals surface area (Å²) in [6, 6.07) is 14.2. The van der Waals surface area contributed by atoms with Gasteiger partial charge in [-0.3, -0.25) is 4.79 Å². The third kappa shape index (κ3) is 3.70. The molecule has 0 aliphatic carbocycles. The first-order valence-electron chi connectivity index (χ1n) is 6.46. The Hall–Kier alpha value is -3.13. The molecule has 0 saturated heterocycles. The summed E-state index contributed by atoms with van der Waals surface area (Å²) >= 11 is 0. The number of para-hydroxylation sites is 1. The Labute approximate surface area is 127 Å². The van der Waals surface area contributed by atoms with E-state index in [4.69, 9.17) is 10.00 Å². The molecule has 0 atom stereocenters. The predicted octanol–water partition coefficient (Wildman–Crippen LogP) is 3.38. The number of nitriles is 1. The molecule has 4 nitrogen and oxygen atoms in total. The molecule has 0 spiro atoms. The van der Waals surface area contributed by atoms with Crippen molar-refractivity contribution in [3.63, 3.8) is 0 Å². The number of anilines is 1. The summed E-state index contributed by atoms with van der Waals surface area (Å²) in [6.07, 6.45) is 1.44. The van der Waals surface area contributed by atoms with E-state index >= 15 is 0 Å². The van der Waals surface area contributed by atoms with Crippen molar-refractivity contribution in [2.75, 3.05) is 12.4 Å². The van der Waals surface area contributed by atoms with Crippen molar-refractivity contribution in [1.29, 1.82) is 5.26 Å². The number of rotatable bonds is 4. The standard InChI is InChI=1S/C17H13FN2O2/c1-22-16-5-3-2-4-12(16)10-13(11-19)17(21)20-15-8-6-14(18)7-9-15/h2-10H,1H3,(H,20,21). The highest BCUT2D eigenvalue weighted by Gasteiger charge is 2.11. The van der Waals surface area contributed by atoms with Crippen LogP contribution in [0.1, 0.15) is 5.56 Å². The summed E-state index contributed by atoms with van der Waals surface area (Å²) in [5, 5.41) is 11.7. The third-order valence-corrected chi connectivity index (χ3v) is 2.91. The summed E-state index contributed by atoms with van der Waals surface area (Å²) < 4.78 is 18.0. The van der Waals surface area contributed by atoms with Gasteiger partial charge in [-0.15, -0.1) is 0 Å². The molecular weight excluding hydrogens is 283 g/mol. The van der Waals surface area contributed by atoms with Gasteiger partial charge in [0.15, 0.2) is 0 Å². The number of methoxy groups -OCH3 is 1. The highest BCUT2D eigenvalue weighted by atomic mass is 19.1. The van der Waals surface area contributed by atoms with Gasteiger partial charge < -0.3 is 10.1 Å². The monoisotopic (exact) mass is 296 g/mol. The van der Waals surface area contributed by atoms with Gasteiger partial charge in [-0.25, -0.2) is 4.39 Å². The average Bonchev–Trinajstić information content (AvgIpc) is 2.55. The second-order valence-corrected chi connectivity index (χ2v) is 4.37. The largest absolute Gasteiger partial charge is 0.496 e. The van der Waals surface area contributed by atoms with Crippen LogP contribution in [0.2, 0.25) is 0 Å². The molecule has 0 heterocycles. The minimum atomic E-state index is -0.569. The van der Waals surface area contributed by atoms with Gasteiger partial charge >= 0.3 is 0 Å². The highest BCUT2D eigenvalue weighted by molar-refractivity contribution is 6.09. The minimum absolute atomic E-state index is 0.0752. The molecule has 0 saturated carbocycles. The zero-order valence-electron chi connectivity index (χ0n) is 11.8. The molecule has 1 N–H and O–H groups in total. The molecule has 5 heteroatoms. The summed E-state index contributed by atoms with van der Waals surface area (Å²) in [5.41, 5.74) is 0.956. The Morgan fingerprint density at radius 3 is 2.55 bits per heavy atom. The topological polar surface area (TPSA) is 62.1 Å². The highest BCUT2D eigenvalue weighted by Crippen LogP contribution is 2.21. The predicted molar refractivity (Wildman–Crippen MR) is 81.6 cm³/mol. The number of nitrogens with zero attached hydrogens (tertiary/aromatic N) is 1. The first-order valence-corrected chi connectivity index (χ1v) is 6.46. The van der Waals surface area contributed by atoms with Gasteiger partial charge in [0.2, 0.25) is 0 Å².